The monoisotopic (exact) mass is 538 g/mol. The van der Waals surface area contributed by atoms with Crippen LogP contribution in [0.25, 0.3) is 0 Å². The van der Waals surface area contributed by atoms with Crippen LogP contribution in [0.4, 0.5) is 5.82 Å². The summed E-state index contributed by atoms with van der Waals surface area (Å²) in [6.07, 6.45) is 3.45. The molecular weight excluding hydrogens is 520 g/mol. The number of rotatable bonds is 6. The number of Topliss-reactive ketones (excluding diaryl/α,β-unsaturated/α-hetero) is 1. The van der Waals surface area contributed by atoms with Gasteiger partial charge in [-0.1, -0.05) is 27.5 Å². The molecule has 1 unspecified atom stereocenters. The summed E-state index contributed by atoms with van der Waals surface area (Å²) in [4.78, 5) is 28.7. The molecule has 3 aromatic rings. The van der Waals surface area contributed by atoms with E-state index >= 15 is 0 Å². The fraction of sp³-hybridized carbons (Fsp3) is 0.269. The SMILES string of the molecule is O=C(Cc1cc(Br)ccc1Cl)C[C@@H]1C2Oc3ccc(Oc4ccnc5c4CCC(=O)N5)cc3[C@H]21. The lowest BCUT2D eigenvalue weighted by atomic mass is 10.0. The Balaban J connectivity index is 1.15. The molecule has 0 spiro atoms. The van der Waals surface area contributed by atoms with E-state index in [-0.39, 0.29) is 29.6 Å². The molecule has 1 aliphatic carbocycles. The van der Waals surface area contributed by atoms with Crippen molar-refractivity contribution in [2.24, 2.45) is 5.92 Å². The van der Waals surface area contributed by atoms with Gasteiger partial charge in [-0.2, -0.15) is 0 Å². The quantitative estimate of drug-likeness (QED) is 0.425. The summed E-state index contributed by atoms with van der Waals surface area (Å²) in [7, 11) is 0. The van der Waals surface area contributed by atoms with Gasteiger partial charge in [0.15, 0.2) is 0 Å². The lowest BCUT2D eigenvalue weighted by molar-refractivity contribution is -0.119. The normalized spacial score (nSPS) is 21.6. The van der Waals surface area contributed by atoms with Crippen LogP contribution in [0.15, 0.2) is 53.1 Å². The fourth-order valence-corrected chi connectivity index (χ4v) is 5.56. The number of pyridine rings is 1. The molecule has 0 bridgehead atoms. The first-order valence-corrected chi connectivity index (χ1v) is 12.3. The highest BCUT2D eigenvalue weighted by molar-refractivity contribution is 9.10. The van der Waals surface area contributed by atoms with Crippen LogP contribution in [-0.2, 0) is 22.4 Å². The highest BCUT2D eigenvalue weighted by atomic mass is 79.9. The van der Waals surface area contributed by atoms with E-state index in [0.29, 0.717) is 48.0 Å². The number of halogens is 2. The van der Waals surface area contributed by atoms with Gasteiger partial charge < -0.3 is 14.8 Å². The number of benzene rings is 2. The van der Waals surface area contributed by atoms with Crippen LogP contribution in [-0.4, -0.2) is 22.8 Å². The van der Waals surface area contributed by atoms with Crippen molar-refractivity contribution in [3.63, 3.8) is 0 Å². The third-order valence-corrected chi connectivity index (χ3v) is 7.52. The van der Waals surface area contributed by atoms with Crippen molar-refractivity contribution >= 4 is 45.0 Å². The average Bonchev–Trinajstić information content (AvgIpc) is 3.32. The predicted octanol–water partition coefficient (Wildman–Crippen LogP) is 5.85. The fourth-order valence-electron chi connectivity index (χ4n) is 4.96. The Hall–Kier alpha value is -2.90. The van der Waals surface area contributed by atoms with Crippen LogP contribution in [0.2, 0.25) is 5.02 Å². The van der Waals surface area contributed by atoms with Crippen molar-refractivity contribution in [3.05, 3.63) is 74.8 Å². The van der Waals surface area contributed by atoms with E-state index in [1.807, 2.05) is 36.4 Å². The van der Waals surface area contributed by atoms with Crippen molar-refractivity contribution in [2.45, 2.75) is 37.7 Å². The van der Waals surface area contributed by atoms with Crippen molar-refractivity contribution in [1.82, 2.24) is 4.98 Å². The molecule has 1 aromatic heterocycles. The van der Waals surface area contributed by atoms with Crippen LogP contribution in [0.1, 0.15) is 35.4 Å². The molecule has 3 atom stereocenters. The molecule has 1 N–H and O–H groups in total. The lowest BCUT2D eigenvalue weighted by Gasteiger charge is -2.19. The molecule has 1 saturated carbocycles. The molecule has 2 aromatic carbocycles. The number of carbonyl (C=O) groups is 2. The highest BCUT2D eigenvalue weighted by Crippen LogP contribution is 2.60. The zero-order valence-electron chi connectivity index (χ0n) is 18.0. The summed E-state index contributed by atoms with van der Waals surface area (Å²) in [6.45, 7) is 0. The smallest absolute Gasteiger partial charge is 0.225 e. The Kier molecular flexibility index (Phi) is 5.34. The van der Waals surface area contributed by atoms with Crippen molar-refractivity contribution in [2.75, 3.05) is 5.32 Å². The number of fused-ring (bicyclic) bond motifs is 4. The predicted molar refractivity (Wildman–Crippen MR) is 131 cm³/mol. The van der Waals surface area contributed by atoms with E-state index in [2.05, 4.69) is 26.2 Å². The molecule has 0 radical (unpaired) electrons. The van der Waals surface area contributed by atoms with E-state index in [0.717, 1.165) is 26.9 Å². The molecule has 1 fully saturated rings. The van der Waals surface area contributed by atoms with Gasteiger partial charge in [-0.05, 0) is 54.4 Å². The Bertz CT molecular complexity index is 1340. The zero-order chi connectivity index (χ0) is 23.4. The summed E-state index contributed by atoms with van der Waals surface area (Å²) < 4.78 is 13.2. The minimum atomic E-state index is -0.0330. The standard InChI is InChI=1S/C26H20BrClN2O4/c27-14-1-4-20(28)13(9-14)10-15(31)11-19-24-18-12-16(2-5-21(18)34-25(19)24)33-22-7-8-29-26-17(22)3-6-23(32)30-26/h1-2,4-5,7-9,12,19,24-25H,3,6,10-11H2,(H,29,30,32)/t19-,24-,25?/m0/s1. The molecule has 3 heterocycles. The second-order valence-electron chi connectivity index (χ2n) is 8.91. The van der Waals surface area contributed by atoms with E-state index in [9.17, 15) is 9.59 Å². The minimum Gasteiger partial charge on any atom is -0.489 e. The van der Waals surface area contributed by atoms with Crippen LogP contribution in [0.3, 0.4) is 0 Å². The van der Waals surface area contributed by atoms with Crippen LogP contribution < -0.4 is 14.8 Å². The summed E-state index contributed by atoms with van der Waals surface area (Å²) in [6, 6.07) is 13.2. The maximum absolute atomic E-state index is 12.7. The van der Waals surface area contributed by atoms with Gasteiger partial charge in [-0.3, -0.25) is 9.59 Å². The molecular formula is C26H20BrClN2O4. The number of nitrogens with zero attached hydrogens (tertiary/aromatic N) is 1. The molecule has 2 aliphatic heterocycles. The highest BCUT2D eigenvalue weighted by Gasteiger charge is 2.59. The number of ketones is 1. The zero-order valence-corrected chi connectivity index (χ0v) is 20.4. The van der Waals surface area contributed by atoms with Crippen molar-refractivity contribution < 1.29 is 19.1 Å². The summed E-state index contributed by atoms with van der Waals surface area (Å²) in [5, 5.41) is 3.40. The Morgan fingerprint density at radius 3 is 2.97 bits per heavy atom. The van der Waals surface area contributed by atoms with Gasteiger partial charge in [0.1, 0.15) is 35.0 Å². The molecule has 3 aliphatic rings. The largest absolute Gasteiger partial charge is 0.489 e. The van der Waals surface area contributed by atoms with Crippen LogP contribution >= 0.6 is 27.5 Å². The number of hydrogen-bond acceptors (Lipinski definition) is 5. The van der Waals surface area contributed by atoms with Crippen molar-refractivity contribution in [1.29, 1.82) is 0 Å². The summed E-state index contributed by atoms with van der Waals surface area (Å²) >= 11 is 9.69. The maximum Gasteiger partial charge on any atom is 0.225 e. The summed E-state index contributed by atoms with van der Waals surface area (Å²) in [5.74, 6) is 3.29. The van der Waals surface area contributed by atoms with Gasteiger partial charge >= 0.3 is 0 Å². The molecule has 172 valence electrons. The molecule has 6 nitrogen and oxygen atoms in total. The minimum absolute atomic E-state index is 0.0330. The van der Waals surface area contributed by atoms with E-state index in [4.69, 9.17) is 21.1 Å². The Morgan fingerprint density at radius 2 is 2.09 bits per heavy atom. The number of nitrogens with one attached hydrogen (secondary N) is 1. The van der Waals surface area contributed by atoms with Gasteiger partial charge in [0.25, 0.3) is 0 Å². The molecule has 8 heteroatoms. The lowest BCUT2D eigenvalue weighted by Crippen LogP contribution is -2.20. The maximum atomic E-state index is 12.7. The molecule has 0 saturated heterocycles. The molecule has 6 rings (SSSR count). The van der Waals surface area contributed by atoms with Crippen LogP contribution in [0.5, 0.6) is 17.2 Å². The van der Waals surface area contributed by atoms with Crippen LogP contribution in [0, 0.1) is 5.92 Å². The summed E-state index contributed by atoms with van der Waals surface area (Å²) in [5.41, 5.74) is 2.82. The first-order valence-electron chi connectivity index (χ1n) is 11.2. The second kappa shape index (κ2) is 8.40. The van der Waals surface area contributed by atoms with Gasteiger partial charge in [0.2, 0.25) is 5.91 Å². The first-order chi connectivity index (χ1) is 16.5. The van der Waals surface area contributed by atoms with Gasteiger partial charge in [0.05, 0.1) is 0 Å². The second-order valence-corrected chi connectivity index (χ2v) is 10.2. The van der Waals surface area contributed by atoms with Gasteiger partial charge in [-0.15, -0.1) is 0 Å². The number of carbonyl (C=O) groups excluding carboxylic acids is 2. The number of aromatic nitrogens is 1. The topological polar surface area (TPSA) is 77.5 Å². The van der Waals surface area contributed by atoms with E-state index in [1.165, 1.54) is 0 Å². The van der Waals surface area contributed by atoms with E-state index in [1.54, 1.807) is 12.3 Å². The molecule has 1 amide bonds. The Labute approximate surface area is 209 Å². The van der Waals surface area contributed by atoms with E-state index < -0.39 is 0 Å². The number of ether oxygens (including phenoxy) is 2. The first kappa shape index (κ1) is 21.6. The average molecular weight is 540 g/mol. The number of hydrogen-bond donors (Lipinski definition) is 1. The Morgan fingerprint density at radius 1 is 1.21 bits per heavy atom. The molecule has 34 heavy (non-hydrogen) atoms. The third-order valence-electron chi connectivity index (χ3n) is 6.66. The number of amides is 1. The number of anilines is 1. The van der Waals surface area contributed by atoms with Crippen molar-refractivity contribution in [3.8, 4) is 17.2 Å². The third kappa shape index (κ3) is 3.97. The van der Waals surface area contributed by atoms with Gasteiger partial charge in [0, 0.05) is 57.9 Å². The van der Waals surface area contributed by atoms with Gasteiger partial charge in [-0.25, -0.2) is 4.98 Å².